The molecule has 0 saturated carbocycles. The Bertz CT molecular complexity index is 956. The molecule has 0 N–H and O–H groups in total. The Hall–Kier alpha value is -2.81. The van der Waals surface area contributed by atoms with Crippen LogP contribution >= 0.6 is 0 Å². The van der Waals surface area contributed by atoms with Crippen LogP contribution in [0.4, 0.5) is 20.2 Å². The zero-order valence-corrected chi connectivity index (χ0v) is 16.7. The number of piperazine rings is 1. The highest BCUT2D eigenvalue weighted by Crippen LogP contribution is 2.27. The zero-order valence-electron chi connectivity index (χ0n) is 16.7. The number of rotatable bonds is 5. The molecule has 0 atom stereocenters. The highest BCUT2D eigenvalue weighted by molar-refractivity contribution is 5.96. The Morgan fingerprint density at radius 2 is 1.87 bits per heavy atom. The van der Waals surface area contributed by atoms with E-state index in [4.69, 9.17) is 0 Å². The fourth-order valence-corrected chi connectivity index (χ4v) is 4.10. The van der Waals surface area contributed by atoms with E-state index in [-0.39, 0.29) is 5.91 Å². The van der Waals surface area contributed by atoms with Crippen LogP contribution in [0.25, 0.3) is 0 Å². The van der Waals surface area contributed by atoms with Crippen LogP contribution in [0.15, 0.2) is 41.3 Å². The highest BCUT2D eigenvalue weighted by Gasteiger charge is 2.26. The van der Waals surface area contributed by atoms with E-state index >= 15 is 0 Å². The average Bonchev–Trinajstić information content (AvgIpc) is 2.75. The number of aromatic nitrogens is 2. The summed E-state index contributed by atoms with van der Waals surface area (Å²) < 4.78 is 25.7. The minimum absolute atomic E-state index is 0.104. The second kappa shape index (κ2) is 8.91. The highest BCUT2D eigenvalue weighted by atomic mass is 19.3. The van der Waals surface area contributed by atoms with Gasteiger partial charge in [-0.3, -0.25) is 14.5 Å². The average molecular weight is 417 g/mol. The van der Waals surface area contributed by atoms with Crippen LogP contribution in [0.5, 0.6) is 0 Å². The van der Waals surface area contributed by atoms with Crippen LogP contribution in [0.3, 0.4) is 0 Å². The Labute approximate surface area is 173 Å². The summed E-state index contributed by atoms with van der Waals surface area (Å²) in [7, 11) is 0. The van der Waals surface area contributed by atoms with Crippen LogP contribution in [-0.4, -0.2) is 66.3 Å². The first kappa shape index (κ1) is 20.5. The smallest absolute Gasteiger partial charge is 0.269 e. The Balaban J connectivity index is 1.34. The minimum Gasteiger partial charge on any atom is -0.368 e. The lowest BCUT2D eigenvalue weighted by Crippen LogP contribution is -2.51. The van der Waals surface area contributed by atoms with Crippen molar-refractivity contribution in [3.8, 4) is 0 Å². The minimum atomic E-state index is -2.62. The molecule has 0 bridgehead atoms. The van der Waals surface area contributed by atoms with E-state index in [9.17, 15) is 18.4 Å². The van der Waals surface area contributed by atoms with Crippen molar-refractivity contribution in [3.63, 3.8) is 0 Å². The largest absolute Gasteiger partial charge is 0.368 e. The van der Waals surface area contributed by atoms with Gasteiger partial charge in [0.2, 0.25) is 5.91 Å². The maximum Gasteiger partial charge on any atom is 0.269 e. The molecule has 160 valence electrons. The molecule has 3 heterocycles. The van der Waals surface area contributed by atoms with Crippen molar-refractivity contribution < 1.29 is 13.6 Å². The predicted molar refractivity (Wildman–Crippen MR) is 110 cm³/mol. The number of alkyl halides is 2. The van der Waals surface area contributed by atoms with Crippen molar-refractivity contribution in [2.75, 3.05) is 49.1 Å². The molecule has 0 aliphatic carbocycles. The third kappa shape index (κ3) is 4.51. The van der Waals surface area contributed by atoms with Crippen molar-refractivity contribution >= 4 is 17.3 Å². The summed E-state index contributed by atoms with van der Waals surface area (Å²) in [5, 5.41) is 3.85. The van der Waals surface area contributed by atoms with E-state index in [2.05, 4.69) is 16.1 Å². The molecule has 4 rings (SSSR count). The lowest BCUT2D eigenvalue weighted by Gasteiger charge is -2.37. The first-order valence-corrected chi connectivity index (χ1v) is 10.2. The van der Waals surface area contributed by atoms with Gasteiger partial charge in [0.1, 0.15) is 6.54 Å². The molecule has 7 nitrogen and oxygen atoms in total. The molecule has 1 aromatic heterocycles. The van der Waals surface area contributed by atoms with Crippen LogP contribution in [0.2, 0.25) is 0 Å². The van der Waals surface area contributed by atoms with Crippen LogP contribution in [0, 0.1) is 0 Å². The quantitative estimate of drug-likeness (QED) is 0.740. The summed E-state index contributed by atoms with van der Waals surface area (Å²) in [6.07, 6.45) is 0.813. The van der Waals surface area contributed by atoms with E-state index < -0.39 is 18.5 Å². The number of anilines is 2. The number of nitrogens with zero attached hydrogens (tertiary/aromatic N) is 5. The van der Waals surface area contributed by atoms with Gasteiger partial charge in [-0.1, -0.05) is 18.2 Å². The van der Waals surface area contributed by atoms with Crippen LogP contribution in [-0.2, 0) is 17.8 Å². The molecule has 0 spiro atoms. The third-order valence-electron chi connectivity index (χ3n) is 5.67. The lowest BCUT2D eigenvalue weighted by atomic mass is 10.0. The maximum atomic E-state index is 12.9. The van der Waals surface area contributed by atoms with Gasteiger partial charge in [-0.2, -0.15) is 5.10 Å². The van der Waals surface area contributed by atoms with Crippen LogP contribution < -0.4 is 15.4 Å². The predicted octanol–water partition coefficient (Wildman–Crippen LogP) is 1.61. The number of hydrogen-bond acceptors (Lipinski definition) is 5. The summed E-state index contributed by atoms with van der Waals surface area (Å²) in [5.74, 6) is 0.104. The summed E-state index contributed by atoms with van der Waals surface area (Å²) >= 11 is 0. The van der Waals surface area contributed by atoms with Crippen molar-refractivity contribution in [1.82, 2.24) is 14.7 Å². The SMILES string of the molecule is O=C(CN1CCN(c2cnn(CC(F)F)c(=O)c2)CC1)N1CCCc2ccccc21. The van der Waals surface area contributed by atoms with Gasteiger partial charge in [0.15, 0.2) is 0 Å². The van der Waals surface area contributed by atoms with Crippen molar-refractivity contribution in [2.24, 2.45) is 0 Å². The molecular weight excluding hydrogens is 392 g/mol. The normalized spacial score (nSPS) is 17.3. The third-order valence-corrected chi connectivity index (χ3v) is 5.67. The molecule has 2 aliphatic rings. The second-order valence-corrected chi connectivity index (χ2v) is 7.67. The number of hydrogen-bond donors (Lipinski definition) is 0. The lowest BCUT2D eigenvalue weighted by molar-refractivity contribution is -0.119. The Kier molecular flexibility index (Phi) is 6.08. The van der Waals surface area contributed by atoms with Gasteiger partial charge in [-0.25, -0.2) is 13.5 Å². The molecule has 30 heavy (non-hydrogen) atoms. The molecular formula is C21H25F2N5O2. The van der Waals surface area contributed by atoms with Gasteiger partial charge in [0.25, 0.3) is 12.0 Å². The summed E-state index contributed by atoms with van der Waals surface area (Å²) in [5.41, 5.74) is 2.33. The summed E-state index contributed by atoms with van der Waals surface area (Å²) in [6, 6.07) is 9.41. The maximum absolute atomic E-state index is 12.9. The van der Waals surface area contributed by atoms with Gasteiger partial charge < -0.3 is 9.80 Å². The van der Waals surface area contributed by atoms with Gasteiger partial charge in [-0.05, 0) is 24.5 Å². The topological polar surface area (TPSA) is 61.7 Å². The second-order valence-electron chi connectivity index (χ2n) is 7.67. The van der Waals surface area contributed by atoms with E-state index in [1.165, 1.54) is 17.8 Å². The molecule has 1 fully saturated rings. The monoisotopic (exact) mass is 417 g/mol. The Morgan fingerprint density at radius 3 is 2.60 bits per heavy atom. The van der Waals surface area contributed by atoms with Crippen molar-refractivity contribution in [3.05, 3.63) is 52.4 Å². The van der Waals surface area contributed by atoms with Gasteiger partial charge in [-0.15, -0.1) is 0 Å². The zero-order chi connectivity index (χ0) is 21.1. The number of carbonyl (C=O) groups is 1. The van der Waals surface area contributed by atoms with Crippen molar-refractivity contribution in [1.29, 1.82) is 0 Å². The fourth-order valence-electron chi connectivity index (χ4n) is 4.10. The molecule has 1 saturated heterocycles. The molecule has 0 unspecified atom stereocenters. The number of halogens is 2. The van der Waals surface area contributed by atoms with Gasteiger partial charge >= 0.3 is 0 Å². The first-order valence-electron chi connectivity index (χ1n) is 10.2. The number of amides is 1. The number of benzene rings is 1. The van der Waals surface area contributed by atoms with Gasteiger partial charge in [0.05, 0.1) is 18.4 Å². The Morgan fingerprint density at radius 1 is 1.10 bits per heavy atom. The molecule has 2 aromatic rings. The summed E-state index contributed by atoms with van der Waals surface area (Å²) in [6.45, 7) is 3.05. The summed E-state index contributed by atoms with van der Waals surface area (Å²) in [4.78, 5) is 30.9. The van der Waals surface area contributed by atoms with Gasteiger partial charge in [0, 0.05) is 44.5 Å². The molecule has 9 heteroatoms. The van der Waals surface area contributed by atoms with E-state index in [0.717, 1.165) is 29.8 Å². The van der Waals surface area contributed by atoms with E-state index in [1.807, 2.05) is 28.0 Å². The fraction of sp³-hybridized carbons (Fsp3) is 0.476. The van der Waals surface area contributed by atoms with E-state index in [1.54, 1.807) is 0 Å². The number of aryl methyl sites for hydroxylation is 1. The first-order chi connectivity index (χ1) is 14.5. The number of carbonyl (C=O) groups excluding carboxylic acids is 1. The molecule has 0 radical (unpaired) electrons. The van der Waals surface area contributed by atoms with Crippen molar-refractivity contribution in [2.45, 2.75) is 25.8 Å². The van der Waals surface area contributed by atoms with Crippen LogP contribution in [0.1, 0.15) is 12.0 Å². The molecule has 1 amide bonds. The molecule has 2 aliphatic heterocycles. The number of fused-ring (bicyclic) bond motifs is 1. The standard InChI is InChI=1S/C21H25F2N5O2/c22-19(23)14-28-20(29)12-17(13-24-28)26-10-8-25(9-11-26)15-21(30)27-7-3-5-16-4-1-2-6-18(16)27/h1-2,4,6,12-13,19H,3,5,7-11,14-15H2. The molecule has 1 aromatic carbocycles. The van der Waals surface area contributed by atoms with E-state index in [0.29, 0.717) is 38.4 Å². The number of para-hydroxylation sites is 1.